The molecule has 1 unspecified atom stereocenters. The predicted octanol–water partition coefficient (Wildman–Crippen LogP) is 1.75. The van der Waals surface area contributed by atoms with Crippen LogP contribution in [0.2, 0.25) is 0 Å². The smallest absolute Gasteiger partial charge is 0.224 e. The lowest BCUT2D eigenvalue weighted by atomic mass is 10.1. The second-order valence-corrected chi connectivity index (χ2v) is 4.53. The van der Waals surface area contributed by atoms with Gasteiger partial charge in [0.25, 0.3) is 0 Å². The number of carbonyl (C=O) groups is 1. The van der Waals surface area contributed by atoms with Gasteiger partial charge >= 0.3 is 0 Å². The molecule has 4 nitrogen and oxygen atoms in total. The van der Waals surface area contributed by atoms with Crippen molar-refractivity contribution in [1.29, 1.82) is 5.26 Å². The average Bonchev–Trinajstić information content (AvgIpc) is 2.73. The van der Waals surface area contributed by atoms with Crippen LogP contribution in [0.4, 0.5) is 0 Å². The third-order valence-corrected chi connectivity index (χ3v) is 3.05. The molecule has 1 saturated heterocycles. The molecule has 0 spiro atoms. The Labute approximate surface area is 107 Å². The molecule has 1 aliphatic rings. The van der Waals surface area contributed by atoms with Crippen LogP contribution in [0.15, 0.2) is 24.3 Å². The van der Waals surface area contributed by atoms with Gasteiger partial charge in [0.05, 0.1) is 18.5 Å². The Hall–Kier alpha value is -2.02. The molecule has 1 amide bonds. The fraction of sp³-hybridized carbons (Fsp3) is 0.429. The van der Waals surface area contributed by atoms with Crippen LogP contribution in [0.1, 0.15) is 12.0 Å². The van der Waals surface area contributed by atoms with Crippen LogP contribution in [-0.4, -0.2) is 30.5 Å². The van der Waals surface area contributed by atoms with E-state index in [1.165, 1.54) is 5.56 Å². The van der Waals surface area contributed by atoms with Crippen LogP contribution in [0.3, 0.4) is 0 Å². The number of nitriles is 1. The molecule has 94 valence electrons. The van der Waals surface area contributed by atoms with Gasteiger partial charge < -0.3 is 9.64 Å². The Morgan fingerprint density at radius 1 is 1.44 bits per heavy atom. The Morgan fingerprint density at radius 2 is 2.17 bits per heavy atom. The average molecular weight is 244 g/mol. The van der Waals surface area contributed by atoms with Gasteiger partial charge in [0.1, 0.15) is 12.4 Å². The van der Waals surface area contributed by atoms with Gasteiger partial charge in [-0.25, -0.2) is 0 Å². The number of ether oxygens (including phenoxy) is 1. The summed E-state index contributed by atoms with van der Waals surface area (Å²) in [6.07, 6.45) is 0.348. The molecule has 1 heterocycles. The van der Waals surface area contributed by atoms with Crippen molar-refractivity contribution in [2.24, 2.45) is 5.92 Å². The molecule has 0 bridgehead atoms. The van der Waals surface area contributed by atoms with Gasteiger partial charge in [-0.1, -0.05) is 17.7 Å². The number of hydrogen-bond acceptors (Lipinski definition) is 3. The largest absolute Gasteiger partial charge is 0.492 e. The monoisotopic (exact) mass is 244 g/mol. The number of hydrogen-bond donors (Lipinski definition) is 0. The fourth-order valence-electron chi connectivity index (χ4n) is 1.98. The second kappa shape index (κ2) is 5.54. The van der Waals surface area contributed by atoms with Crippen molar-refractivity contribution in [3.63, 3.8) is 0 Å². The molecule has 0 aromatic heterocycles. The molecule has 1 aromatic carbocycles. The minimum absolute atomic E-state index is 0.0501. The van der Waals surface area contributed by atoms with Gasteiger partial charge in [-0.3, -0.25) is 4.79 Å². The van der Waals surface area contributed by atoms with Crippen LogP contribution in [-0.2, 0) is 4.79 Å². The highest BCUT2D eigenvalue weighted by atomic mass is 16.5. The maximum atomic E-state index is 11.5. The van der Waals surface area contributed by atoms with Crippen LogP contribution in [0, 0.1) is 24.2 Å². The summed E-state index contributed by atoms with van der Waals surface area (Å²) in [6, 6.07) is 9.94. The molecule has 1 fully saturated rings. The van der Waals surface area contributed by atoms with E-state index in [2.05, 4.69) is 6.07 Å². The van der Waals surface area contributed by atoms with Crippen molar-refractivity contribution in [2.75, 3.05) is 19.7 Å². The first-order valence-corrected chi connectivity index (χ1v) is 6.06. The lowest BCUT2D eigenvalue weighted by Crippen LogP contribution is -2.29. The van der Waals surface area contributed by atoms with Crippen LogP contribution < -0.4 is 4.74 Å². The van der Waals surface area contributed by atoms with Crippen molar-refractivity contribution < 1.29 is 9.53 Å². The summed E-state index contributed by atoms with van der Waals surface area (Å²) in [7, 11) is 0. The first-order valence-electron chi connectivity index (χ1n) is 6.06. The van der Waals surface area contributed by atoms with Gasteiger partial charge in [-0.05, 0) is 19.1 Å². The summed E-state index contributed by atoms with van der Waals surface area (Å²) < 4.78 is 5.56. The zero-order chi connectivity index (χ0) is 13.0. The van der Waals surface area contributed by atoms with Crippen LogP contribution >= 0.6 is 0 Å². The zero-order valence-corrected chi connectivity index (χ0v) is 10.4. The number of aryl methyl sites for hydroxylation is 1. The summed E-state index contributed by atoms with van der Waals surface area (Å²) in [5, 5.41) is 8.77. The molecule has 1 aliphatic heterocycles. The molecule has 0 N–H and O–H groups in total. The van der Waals surface area contributed by atoms with E-state index in [1.54, 1.807) is 4.90 Å². The first-order chi connectivity index (χ1) is 8.69. The number of likely N-dealkylation sites (tertiary alicyclic amines) is 1. The maximum Gasteiger partial charge on any atom is 0.224 e. The molecular formula is C14H16N2O2. The van der Waals surface area contributed by atoms with E-state index >= 15 is 0 Å². The summed E-state index contributed by atoms with van der Waals surface area (Å²) in [5.41, 5.74) is 1.19. The summed E-state index contributed by atoms with van der Waals surface area (Å²) >= 11 is 0. The maximum absolute atomic E-state index is 11.5. The number of carbonyl (C=O) groups excluding carboxylic acids is 1. The Bertz CT molecular complexity index is 462. The van der Waals surface area contributed by atoms with Gasteiger partial charge in [-0.2, -0.15) is 5.26 Å². The van der Waals surface area contributed by atoms with Gasteiger partial charge in [0.2, 0.25) is 5.91 Å². The van der Waals surface area contributed by atoms with Gasteiger partial charge in [0, 0.05) is 13.0 Å². The standard InChI is InChI=1S/C14H16N2O2/c1-11-2-4-13(5-3-11)18-7-6-16-10-12(9-15)8-14(16)17/h2-5,12H,6-8,10H2,1H3. The Kier molecular flexibility index (Phi) is 3.83. The van der Waals surface area contributed by atoms with E-state index in [0.717, 1.165) is 5.75 Å². The molecule has 18 heavy (non-hydrogen) atoms. The molecule has 4 heteroatoms. The first kappa shape index (κ1) is 12.4. The van der Waals surface area contributed by atoms with Crippen LogP contribution in [0.5, 0.6) is 5.75 Å². The van der Waals surface area contributed by atoms with Crippen molar-refractivity contribution in [1.82, 2.24) is 4.90 Å². The highest BCUT2D eigenvalue weighted by molar-refractivity contribution is 5.79. The number of nitrogens with zero attached hydrogens (tertiary/aromatic N) is 2. The third-order valence-electron chi connectivity index (χ3n) is 3.05. The van der Waals surface area contributed by atoms with E-state index in [-0.39, 0.29) is 11.8 Å². The summed E-state index contributed by atoms with van der Waals surface area (Å²) in [5.74, 6) is 0.704. The lowest BCUT2D eigenvalue weighted by molar-refractivity contribution is -0.128. The quantitative estimate of drug-likeness (QED) is 0.810. The topological polar surface area (TPSA) is 53.3 Å². The van der Waals surface area contributed by atoms with Crippen molar-refractivity contribution in [3.8, 4) is 11.8 Å². The Morgan fingerprint density at radius 3 is 2.78 bits per heavy atom. The summed E-state index contributed by atoms with van der Waals surface area (Å²) in [4.78, 5) is 13.2. The van der Waals surface area contributed by atoms with E-state index in [0.29, 0.717) is 26.1 Å². The molecule has 0 aliphatic carbocycles. The molecule has 0 saturated carbocycles. The second-order valence-electron chi connectivity index (χ2n) is 4.53. The van der Waals surface area contributed by atoms with Crippen molar-refractivity contribution in [2.45, 2.75) is 13.3 Å². The normalized spacial score (nSPS) is 18.8. The minimum atomic E-state index is -0.156. The minimum Gasteiger partial charge on any atom is -0.492 e. The highest BCUT2D eigenvalue weighted by Gasteiger charge is 2.28. The number of benzene rings is 1. The van der Waals surface area contributed by atoms with E-state index < -0.39 is 0 Å². The lowest BCUT2D eigenvalue weighted by Gasteiger charge is -2.16. The Balaban J connectivity index is 1.77. The van der Waals surface area contributed by atoms with Crippen LogP contribution in [0.25, 0.3) is 0 Å². The number of amides is 1. The molecule has 2 rings (SSSR count). The van der Waals surface area contributed by atoms with E-state index in [9.17, 15) is 4.79 Å². The highest BCUT2D eigenvalue weighted by Crippen LogP contribution is 2.17. The molecule has 0 radical (unpaired) electrons. The van der Waals surface area contributed by atoms with Crippen molar-refractivity contribution >= 4 is 5.91 Å². The predicted molar refractivity (Wildman–Crippen MR) is 67.0 cm³/mol. The van der Waals surface area contributed by atoms with E-state index in [4.69, 9.17) is 10.00 Å². The SMILES string of the molecule is Cc1ccc(OCCN2CC(C#N)CC2=O)cc1. The van der Waals surface area contributed by atoms with E-state index in [1.807, 2.05) is 31.2 Å². The molecule has 1 aromatic rings. The number of rotatable bonds is 4. The zero-order valence-electron chi connectivity index (χ0n) is 10.4. The molecular weight excluding hydrogens is 228 g/mol. The third kappa shape index (κ3) is 3.01. The van der Waals surface area contributed by atoms with Gasteiger partial charge in [-0.15, -0.1) is 0 Å². The summed E-state index contributed by atoms with van der Waals surface area (Å²) in [6.45, 7) is 3.57. The van der Waals surface area contributed by atoms with Gasteiger partial charge in [0.15, 0.2) is 0 Å². The van der Waals surface area contributed by atoms with Crippen molar-refractivity contribution in [3.05, 3.63) is 29.8 Å². The molecule has 1 atom stereocenters. The fourth-order valence-corrected chi connectivity index (χ4v) is 1.98.